The Hall–Kier alpha value is -2.17. The smallest absolute Gasteiger partial charge is 0.276 e. The molecule has 0 saturated carbocycles. The van der Waals surface area contributed by atoms with Gasteiger partial charge in [0.2, 0.25) is 6.20 Å². The molecule has 5 nitrogen and oxygen atoms in total. The number of fused-ring (bicyclic) bond motifs is 1. The first-order valence-electron chi connectivity index (χ1n) is 3.96. The Morgan fingerprint density at radius 2 is 2.14 bits per heavy atom. The van der Waals surface area contributed by atoms with E-state index in [1.807, 2.05) is 0 Å². The molecule has 2 aromatic rings. The van der Waals surface area contributed by atoms with E-state index in [2.05, 4.69) is 0 Å². The van der Waals surface area contributed by atoms with Gasteiger partial charge in [-0.25, -0.2) is 0 Å². The number of pyridine rings is 1. The van der Waals surface area contributed by atoms with Crippen LogP contribution in [0, 0.1) is 10.1 Å². The second-order valence-corrected chi connectivity index (χ2v) is 2.85. The highest BCUT2D eigenvalue weighted by molar-refractivity contribution is 5.77. The predicted molar refractivity (Wildman–Crippen MR) is 48.0 cm³/mol. The van der Waals surface area contributed by atoms with Crippen LogP contribution >= 0.6 is 0 Å². The quantitative estimate of drug-likeness (QED) is 0.319. The molecular formula is C9H7N2O3+. The van der Waals surface area contributed by atoms with Crippen LogP contribution in [0.15, 0.2) is 36.5 Å². The summed E-state index contributed by atoms with van der Waals surface area (Å²) >= 11 is 0. The highest BCUT2D eigenvalue weighted by atomic mass is 16.6. The van der Waals surface area contributed by atoms with Gasteiger partial charge in [-0.05, 0) is 12.1 Å². The normalized spacial score (nSPS) is 10.3. The van der Waals surface area contributed by atoms with Gasteiger partial charge in [-0.15, -0.1) is 0 Å². The average Bonchev–Trinajstić information content (AvgIpc) is 2.18. The lowest BCUT2D eigenvalue weighted by Gasteiger charge is -1.93. The summed E-state index contributed by atoms with van der Waals surface area (Å²) in [5.74, 6) is 0. The first-order valence-corrected chi connectivity index (χ1v) is 3.96. The van der Waals surface area contributed by atoms with Crippen molar-refractivity contribution < 1.29 is 14.9 Å². The van der Waals surface area contributed by atoms with Gasteiger partial charge in [0, 0.05) is 16.9 Å². The standard InChI is InChI=1S/C9H7N2O3/c12-10-5-1-2-7-3-4-8(11(13)14)6-9(7)10/h1-6,12H/q+1. The van der Waals surface area contributed by atoms with Crippen molar-refractivity contribution in [2.45, 2.75) is 0 Å². The largest absolute Gasteiger partial charge is 0.285 e. The maximum Gasteiger partial charge on any atom is 0.276 e. The summed E-state index contributed by atoms with van der Waals surface area (Å²) in [5.41, 5.74) is 0.383. The van der Waals surface area contributed by atoms with E-state index in [4.69, 9.17) is 0 Å². The van der Waals surface area contributed by atoms with Crippen molar-refractivity contribution in [2.24, 2.45) is 0 Å². The fourth-order valence-electron chi connectivity index (χ4n) is 1.29. The lowest BCUT2D eigenvalue weighted by Crippen LogP contribution is -2.29. The molecule has 1 heterocycles. The van der Waals surface area contributed by atoms with Gasteiger partial charge < -0.3 is 0 Å². The van der Waals surface area contributed by atoms with Gasteiger partial charge in [0.25, 0.3) is 11.2 Å². The Morgan fingerprint density at radius 3 is 2.86 bits per heavy atom. The van der Waals surface area contributed by atoms with Gasteiger partial charge in [-0.1, -0.05) is 0 Å². The van der Waals surface area contributed by atoms with Crippen molar-refractivity contribution >= 4 is 16.6 Å². The lowest BCUT2D eigenvalue weighted by atomic mass is 10.2. The van der Waals surface area contributed by atoms with Crippen molar-refractivity contribution in [3.8, 4) is 0 Å². The minimum atomic E-state index is -0.494. The predicted octanol–water partition coefficient (Wildman–Crippen LogP) is 1.27. The Labute approximate surface area is 78.9 Å². The summed E-state index contributed by atoms with van der Waals surface area (Å²) < 4.78 is 0.863. The van der Waals surface area contributed by atoms with Crippen LogP contribution in [-0.2, 0) is 0 Å². The highest BCUT2D eigenvalue weighted by Crippen LogP contribution is 2.17. The Balaban J connectivity index is 2.76. The van der Waals surface area contributed by atoms with E-state index in [9.17, 15) is 15.3 Å². The number of rotatable bonds is 1. The van der Waals surface area contributed by atoms with E-state index < -0.39 is 4.92 Å². The van der Waals surface area contributed by atoms with Crippen LogP contribution in [0.5, 0.6) is 0 Å². The number of nitro groups is 1. The van der Waals surface area contributed by atoms with Crippen molar-refractivity contribution in [2.75, 3.05) is 0 Å². The molecule has 0 aliphatic heterocycles. The second-order valence-electron chi connectivity index (χ2n) is 2.85. The van der Waals surface area contributed by atoms with Crippen LogP contribution in [0.4, 0.5) is 5.69 Å². The van der Waals surface area contributed by atoms with Crippen molar-refractivity contribution in [3.05, 3.63) is 46.6 Å². The van der Waals surface area contributed by atoms with Crippen molar-refractivity contribution in [3.63, 3.8) is 0 Å². The summed E-state index contributed by atoms with van der Waals surface area (Å²) in [7, 11) is 0. The minimum Gasteiger partial charge on any atom is -0.285 e. The maximum atomic E-state index is 10.5. The number of aromatic nitrogens is 1. The zero-order chi connectivity index (χ0) is 10.1. The molecule has 2 rings (SSSR count). The Kier molecular flexibility index (Phi) is 1.78. The molecule has 0 bridgehead atoms. The van der Waals surface area contributed by atoms with Crippen LogP contribution in [0.25, 0.3) is 10.9 Å². The van der Waals surface area contributed by atoms with E-state index in [0.29, 0.717) is 5.52 Å². The number of nitro benzene ring substituents is 1. The Bertz CT molecular complexity index is 510. The summed E-state index contributed by atoms with van der Waals surface area (Å²) in [6, 6.07) is 7.76. The van der Waals surface area contributed by atoms with E-state index in [1.165, 1.54) is 18.3 Å². The van der Waals surface area contributed by atoms with Crippen molar-refractivity contribution in [1.82, 2.24) is 0 Å². The molecule has 1 aromatic heterocycles. The van der Waals surface area contributed by atoms with Crippen LogP contribution in [0.2, 0.25) is 0 Å². The second kappa shape index (κ2) is 2.95. The molecule has 0 fully saturated rings. The number of non-ortho nitro benzene ring substituents is 1. The van der Waals surface area contributed by atoms with E-state index >= 15 is 0 Å². The molecular weight excluding hydrogens is 184 g/mol. The summed E-state index contributed by atoms with van der Waals surface area (Å²) in [6.45, 7) is 0. The van der Waals surface area contributed by atoms with Gasteiger partial charge in [-0.2, -0.15) is 0 Å². The molecule has 5 heteroatoms. The molecule has 0 aliphatic carbocycles. The third-order valence-corrected chi connectivity index (χ3v) is 1.97. The molecule has 70 valence electrons. The van der Waals surface area contributed by atoms with E-state index in [1.54, 1.807) is 18.2 Å². The average molecular weight is 191 g/mol. The summed E-state index contributed by atoms with van der Waals surface area (Å²) in [5, 5.41) is 20.6. The summed E-state index contributed by atoms with van der Waals surface area (Å²) in [6.07, 6.45) is 1.42. The van der Waals surface area contributed by atoms with Gasteiger partial charge in [-0.3, -0.25) is 15.3 Å². The number of hydrogen-bond acceptors (Lipinski definition) is 3. The van der Waals surface area contributed by atoms with Crippen LogP contribution in [-0.4, -0.2) is 10.1 Å². The molecule has 0 atom stereocenters. The van der Waals surface area contributed by atoms with Crippen LogP contribution < -0.4 is 4.73 Å². The topological polar surface area (TPSA) is 67.2 Å². The first-order chi connectivity index (χ1) is 6.68. The molecule has 14 heavy (non-hydrogen) atoms. The summed E-state index contributed by atoms with van der Waals surface area (Å²) in [4.78, 5) is 9.98. The van der Waals surface area contributed by atoms with Crippen LogP contribution in [0.3, 0.4) is 0 Å². The third-order valence-electron chi connectivity index (χ3n) is 1.97. The third kappa shape index (κ3) is 1.24. The number of nitrogens with zero attached hydrogens (tertiary/aromatic N) is 2. The number of benzene rings is 1. The monoisotopic (exact) mass is 191 g/mol. The first kappa shape index (κ1) is 8.43. The highest BCUT2D eigenvalue weighted by Gasteiger charge is 2.13. The molecule has 0 unspecified atom stereocenters. The molecule has 0 amide bonds. The molecule has 0 radical (unpaired) electrons. The van der Waals surface area contributed by atoms with Gasteiger partial charge >= 0.3 is 0 Å². The SMILES string of the molecule is O=[N+]([O-])c1ccc2ccc[n+](O)c2c1. The van der Waals surface area contributed by atoms with Gasteiger partial charge in [0.1, 0.15) is 0 Å². The zero-order valence-electron chi connectivity index (χ0n) is 7.12. The molecule has 0 spiro atoms. The van der Waals surface area contributed by atoms with E-state index in [-0.39, 0.29) is 5.69 Å². The van der Waals surface area contributed by atoms with Gasteiger partial charge in [0.05, 0.1) is 16.4 Å². The molecule has 0 aliphatic rings. The minimum absolute atomic E-state index is 0.0356. The molecule has 1 N–H and O–H groups in total. The number of hydrogen-bond donors (Lipinski definition) is 1. The van der Waals surface area contributed by atoms with Gasteiger partial charge in [0.15, 0.2) is 0 Å². The maximum absolute atomic E-state index is 10.5. The van der Waals surface area contributed by atoms with Crippen molar-refractivity contribution in [1.29, 1.82) is 0 Å². The fraction of sp³-hybridized carbons (Fsp3) is 0. The fourth-order valence-corrected chi connectivity index (χ4v) is 1.29. The zero-order valence-corrected chi connectivity index (χ0v) is 7.12. The molecule has 1 aromatic carbocycles. The molecule has 0 saturated heterocycles. The Morgan fingerprint density at radius 1 is 1.36 bits per heavy atom. The van der Waals surface area contributed by atoms with E-state index in [0.717, 1.165) is 10.1 Å². The lowest BCUT2D eigenvalue weighted by molar-refractivity contribution is -0.884. The van der Waals surface area contributed by atoms with Crippen LogP contribution in [0.1, 0.15) is 0 Å².